The highest BCUT2D eigenvalue weighted by Crippen LogP contribution is 2.26. The highest BCUT2D eigenvalue weighted by Gasteiger charge is 2.10. The molecule has 112 valence electrons. The highest BCUT2D eigenvalue weighted by atomic mass is 32.2. The zero-order valence-electron chi connectivity index (χ0n) is 11.9. The number of anilines is 4. The van der Waals surface area contributed by atoms with Gasteiger partial charge in [-0.2, -0.15) is 0 Å². The third-order valence-corrected chi connectivity index (χ3v) is 3.93. The van der Waals surface area contributed by atoms with E-state index in [9.17, 15) is 8.42 Å². The monoisotopic (exact) mass is 306 g/mol. The van der Waals surface area contributed by atoms with Crippen LogP contribution in [0.1, 0.15) is 0 Å². The van der Waals surface area contributed by atoms with E-state index in [4.69, 9.17) is 10.9 Å². The van der Waals surface area contributed by atoms with Gasteiger partial charge in [-0.15, -0.1) is 0 Å². The Morgan fingerprint density at radius 1 is 1.05 bits per heavy atom. The molecule has 0 spiro atoms. The average molecular weight is 306 g/mol. The van der Waals surface area contributed by atoms with Gasteiger partial charge in [-0.1, -0.05) is 0 Å². The van der Waals surface area contributed by atoms with Crippen molar-refractivity contribution in [3.63, 3.8) is 0 Å². The van der Waals surface area contributed by atoms with E-state index in [0.29, 0.717) is 11.4 Å². The van der Waals surface area contributed by atoms with E-state index in [1.807, 2.05) is 43.3 Å². The van der Waals surface area contributed by atoms with Crippen LogP contribution < -0.4 is 21.1 Å². The molecule has 7 heteroatoms. The summed E-state index contributed by atoms with van der Waals surface area (Å²) < 4.78 is 22.5. The normalized spacial score (nSPS) is 11.2. The minimum Gasteiger partial charge on any atom is -0.397 e. The Bertz CT molecular complexity index is 740. The van der Waals surface area contributed by atoms with E-state index >= 15 is 0 Å². The summed E-state index contributed by atoms with van der Waals surface area (Å²) in [6.45, 7) is 0. The smallest absolute Gasteiger partial charge is 0.238 e. The number of hydrogen-bond donors (Lipinski definition) is 3. The van der Waals surface area contributed by atoms with Gasteiger partial charge in [0, 0.05) is 25.5 Å². The molecular formula is C14H18N4O2S. The number of rotatable bonds is 4. The average Bonchev–Trinajstić information content (AvgIpc) is 2.40. The van der Waals surface area contributed by atoms with E-state index < -0.39 is 10.0 Å². The van der Waals surface area contributed by atoms with Crippen LogP contribution >= 0.6 is 0 Å². The number of nitrogens with two attached hydrogens (primary N) is 2. The molecule has 0 atom stereocenters. The Morgan fingerprint density at radius 2 is 1.67 bits per heavy atom. The van der Waals surface area contributed by atoms with Gasteiger partial charge >= 0.3 is 0 Å². The Hall–Kier alpha value is -2.25. The first kappa shape index (κ1) is 15.1. The van der Waals surface area contributed by atoms with Crippen molar-refractivity contribution < 1.29 is 8.42 Å². The van der Waals surface area contributed by atoms with Crippen molar-refractivity contribution in [3.8, 4) is 0 Å². The Kier molecular flexibility index (Phi) is 4.06. The lowest BCUT2D eigenvalue weighted by atomic mass is 10.2. The number of nitrogen functional groups attached to an aromatic ring is 1. The van der Waals surface area contributed by atoms with Gasteiger partial charge in [0.1, 0.15) is 0 Å². The van der Waals surface area contributed by atoms with Crippen molar-refractivity contribution in [3.05, 3.63) is 42.5 Å². The summed E-state index contributed by atoms with van der Waals surface area (Å²) in [6.07, 6.45) is 0. The molecule has 0 aliphatic carbocycles. The zero-order chi connectivity index (χ0) is 15.6. The molecule has 0 heterocycles. The molecule has 0 unspecified atom stereocenters. The SMILES string of the molecule is CN(C)c1ccc(Nc2ccc(S(N)(=O)=O)cc2N)cc1. The van der Waals surface area contributed by atoms with Crippen LogP contribution in [0.5, 0.6) is 0 Å². The van der Waals surface area contributed by atoms with Gasteiger partial charge in [0.25, 0.3) is 0 Å². The van der Waals surface area contributed by atoms with E-state index in [1.54, 1.807) is 6.07 Å². The first-order valence-corrected chi connectivity index (χ1v) is 7.79. The van der Waals surface area contributed by atoms with E-state index in [-0.39, 0.29) is 4.90 Å². The molecule has 2 rings (SSSR count). The molecule has 2 aromatic carbocycles. The fourth-order valence-electron chi connectivity index (χ4n) is 1.83. The van der Waals surface area contributed by atoms with Crippen LogP contribution in [0.4, 0.5) is 22.7 Å². The summed E-state index contributed by atoms with van der Waals surface area (Å²) in [5.74, 6) is 0. The van der Waals surface area contributed by atoms with E-state index in [2.05, 4.69) is 5.32 Å². The maximum Gasteiger partial charge on any atom is 0.238 e. The number of benzene rings is 2. The molecule has 5 N–H and O–H groups in total. The molecule has 21 heavy (non-hydrogen) atoms. The fourth-order valence-corrected chi connectivity index (χ4v) is 2.38. The Morgan fingerprint density at radius 3 is 2.14 bits per heavy atom. The first-order valence-electron chi connectivity index (χ1n) is 6.24. The maximum absolute atomic E-state index is 11.3. The molecule has 0 aliphatic rings. The number of hydrogen-bond acceptors (Lipinski definition) is 5. The summed E-state index contributed by atoms with van der Waals surface area (Å²) in [4.78, 5) is 1.99. The molecular weight excluding hydrogens is 288 g/mol. The molecule has 0 saturated heterocycles. The summed E-state index contributed by atoms with van der Waals surface area (Å²) in [5, 5.41) is 8.20. The predicted octanol–water partition coefficient (Wildman–Crippen LogP) is 1.73. The molecule has 0 saturated carbocycles. The second kappa shape index (κ2) is 5.63. The van der Waals surface area contributed by atoms with Crippen LogP contribution in [-0.4, -0.2) is 22.5 Å². The lowest BCUT2D eigenvalue weighted by Crippen LogP contribution is -2.12. The topological polar surface area (TPSA) is 101 Å². The van der Waals surface area contributed by atoms with Crippen molar-refractivity contribution in [2.45, 2.75) is 4.90 Å². The van der Waals surface area contributed by atoms with Crippen LogP contribution in [0, 0.1) is 0 Å². The van der Waals surface area contributed by atoms with Gasteiger partial charge in [0.05, 0.1) is 16.3 Å². The number of nitrogens with one attached hydrogen (secondary N) is 1. The quantitative estimate of drug-likeness (QED) is 0.747. The molecule has 0 aliphatic heterocycles. The molecule has 0 radical (unpaired) electrons. The van der Waals surface area contributed by atoms with Crippen LogP contribution in [0.25, 0.3) is 0 Å². The second-order valence-electron chi connectivity index (χ2n) is 4.86. The molecule has 6 nitrogen and oxygen atoms in total. The summed E-state index contributed by atoms with van der Waals surface area (Å²) >= 11 is 0. The molecule has 0 bridgehead atoms. The molecule has 0 aromatic heterocycles. The van der Waals surface area contributed by atoms with E-state index in [1.165, 1.54) is 12.1 Å². The van der Waals surface area contributed by atoms with Crippen molar-refractivity contribution in [2.24, 2.45) is 5.14 Å². The van der Waals surface area contributed by atoms with Crippen molar-refractivity contribution in [2.75, 3.05) is 30.0 Å². The molecule has 2 aromatic rings. The highest BCUT2D eigenvalue weighted by molar-refractivity contribution is 7.89. The minimum absolute atomic E-state index is 0.00601. The van der Waals surface area contributed by atoms with Crippen molar-refractivity contribution >= 4 is 32.8 Å². The first-order chi connectivity index (χ1) is 9.77. The minimum atomic E-state index is -3.74. The van der Waals surface area contributed by atoms with Crippen molar-refractivity contribution in [1.82, 2.24) is 0 Å². The van der Waals surface area contributed by atoms with Gasteiger partial charge < -0.3 is 16.0 Å². The second-order valence-corrected chi connectivity index (χ2v) is 6.42. The third kappa shape index (κ3) is 3.65. The number of nitrogens with zero attached hydrogens (tertiary/aromatic N) is 1. The predicted molar refractivity (Wildman–Crippen MR) is 86.3 cm³/mol. The van der Waals surface area contributed by atoms with Crippen molar-refractivity contribution in [1.29, 1.82) is 0 Å². The van der Waals surface area contributed by atoms with Gasteiger partial charge in [-0.05, 0) is 42.5 Å². The van der Waals surface area contributed by atoms with Crippen LogP contribution in [0.15, 0.2) is 47.4 Å². The van der Waals surface area contributed by atoms with Gasteiger partial charge in [0.15, 0.2) is 0 Å². The standard InChI is InChI=1S/C14H18N4O2S/c1-18(2)11-5-3-10(4-6-11)17-14-8-7-12(9-13(14)15)21(16,19)20/h3-9,17H,15H2,1-2H3,(H2,16,19,20). The van der Waals surface area contributed by atoms with Gasteiger partial charge in [-0.25, -0.2) is 13.6 Å². The summed E-state index contributed by atoms with van der Waals surface area (Å²) in [7, 11) is 0.186. The maximum atomic E-state index is 11.3. The van der Waals surface area contributed by atoms with Crippen LogP contribution in [0.2, 0.25) is 0 Å². The van der Waals surface area contributed by atoms with Crippen LogP contribution in [-0.2, 0) is 10.0 Å². The lowest BCUT2D eigenvalue weighted by molar-refractivity contribution is 0.598. The van der Waals surface area contributed by atoms with Gasteiger partial charge in [-0.3, -0.25) is 0 Å². The lowest BCUT2D eigenvalue weighted by Gasteiger charge is -2.14. The van der Waals surface area contributed by atoms with E-state index in [0.717, 1.165) is 11.4 Å². The summed E-state index contributed by atoms with van der Waals surface area (Å²) in [6, 6.07) is 12.1. The largest absolute Gasteiger partial charge is 0.397 e. The molecule has 0 amide bonds. The van der Waals surface area contributed by atoms with Gasteiger partial charge in [0.2, 0.25) is 10.0 Å². The van der Waals surface area contributed by atoms with Crippen LogP contribution in [0.3, 0.4) is 0 Å². The third-order valence-electron chi connectivity index (χ3n) is 3.01. The fraction of sp³-hybridized carbons (Fsp3) is 0.143. The molecule has 0 fully saturated rings. The zero-order valence-corrected chi connectivity index (χ0v) is 12.7. The number of sulfonamides is 1. The number of primary sulfonamides is 1. The summed E-state index contributed by atoms with van der Waals surface area (Å²) in [5.41, 5.74) is 8.73. The Balaban J connectivity index is 2.24. The Labute approximate surface area is 124 Å².